The van der Waals surface area contributed by atoms with Crippen molar-refractivity contribution in [3.63, 3.8) is 0 Å². The van der Waals surface area contributed by atoms with Gasteiger partial charge in [0.15, 0.2) is 5.82 Å². The summed E-state index contributed by atoms with van der Waals surface area (Å²) in [6, 6.07) is 0. The second-order valence-corrected chi connectivity index (χ2v) is 2.01. The van der Waals surface area contributed by atoms with Gasteiger partial charge in [-0.1, -0.05) is 0 Å². The number of aromatic nitrogens is 2. The molecule has 0 saturated heterocycles. The van der Waals surface area contributed by atoms with Crippen molar-refractivity contribution in [1.29, 1.82) is 0 Å². The number of rotatable bonds is 2. The molecular weight excluding hydrogens is 156 g/mol. The first kappa shape index (κ1) is 8.32. The van der Waals surface area contributed by atoms with Crippen LogP contribution in [-0.2, 0) is 0 Å². The van der Waals surface area contributed by atoms with Crippen LogP contribution in [0.15, 0.2) is 17.5 Å². The predicted octanol–water partition coefficient (Wildman–Crippen LogP) is 0.298. The Morgan fingerprint density at radius 2 is 2.50 bits per heavy atom. The van der Waals surface area contributed by atoms with Gasteiger partial charge < -0.3 is 5.73 Å². The van der Waals surface area contributed by atoms with Crippen LogP contribution >= 0.6 is 0 Å². The molecule has 5 nitrogen and oxygen atoms in total. The maximum Gasteiger partial charge on any atom is 0.254 e. The Morgan fingerprint density at radius 3 is 3.08 bits per heavy atom. The van der Waals surface area contributed by atoms with Crippen LogP contribution < -0.4 is 5.73 Å². The topological polar surface area (TPSA) is 81.2 Å². The molecule has 0 saturated carbocycles. The molecule has 12 heavy (non-hydrogen) atoms. The maximum atomic E-state index is 10.8. The van der Waals surface area contributed by atoms with Crippen molar-refractivity contribution in [2.24, 2.45) is 10.7 Å². The molecule has 0 aromatic carbocycles. The van der Waals surface area contributed by atoms with Crippen LogP contribution in [0.3, 0.4) is 0 Å². The van der Waals surface area contributed by atoms with Gasteiger partial charge in [-0.25, -0.2) is 15.0 Å². The molecule has 0 aliphatic carbocycles. The number of primary amides is 1. The lowest BCUT2D eigenvalue weighted by atomic mass is 10.3. The Balaban J connectivity index is 3.17. The molecule has 1 aromatic rings. The van der Waals surface area contributed by atoms with Gasteiger partial charge >= 0.3 is 0 Å². The Kier molecular flexibility index (Phi) is 2.47. The van der Waals surface area contributed by atoms with E-state index in [9.17, 15) is 4.79 Å². The summed E-state index contributed by atoms with van der Waals surface area (Å²) >= 11 is 0. The van der Waals surface area contributed by atoms with Crippen molar-refractivity contribution in [2.45, 2.75) is 6.92 Å². The minimum Gasteiger partial charge on any atom is -0.365 e. The summed E-state index contributed by atoms with van der Waals surface area (Å²) in [6.45, 7) is 1.73. The molecule has 0 fully saturated rings. The van der Waals surface area contributed by atoms with Gasteiger partial charge in [0.2, 0.25) is 0 Å². The highest BCUT2D eigenvalue weighted by Crippen LogP contribution is 2.11. The van der Waals surface area contributed by atoms with E-state index in [2.05, 4.69) is 15.0 Å². The van der Waals surface area contributed by atoms with Crippen molar-refractivity contribution < 1.29 is 4.79 Å². The highest BCUT2D eigenvalue weighted by Gasteiger charge is 2.06. The monoisotopic (exact) mass is 164 g/mol. The van der Waals surface area contributed by atoms with Crippen molar-refractivity contribution >= 4 is 17.9 Å². The van der Waals surface area contributed by atoms with Gasteiger partial charge in [-0.2, -0.15) is 0 Å². The first-order chi connectivity index (χ1) is 5.75. The van der Waals surface area contributed by atoms with Crippen LogP contribution in [0.25, 0.3) is 0 Å². The third-order valence-corrected chi connectivity index (χ3v) is 1.21. The molecule has 5 heteroatoms. The second-order valence-electron chi connectivity index (χ2n) is 2.01. The van der Waals surface area contributed by atoms with Crippen LogP contribution in [0.5, 0.6) is 0 Å². The molecule has 0 aliphatic heterocycles. The Morgan fingerprint density at radius 1 is 1.75 bits per heavy atom. The van der Waals surface area contributed by atoms with Crippen molar-refractivity contribution in [3.8, 4) is 0 Å². The summed E-state index contributed by atoms with van der Waals surface area (Å²) in [4.78, 5) is 22.1. The molecule has 1 amide bonds. The number of nitrogens with zero attached hydrogens (tertiary/aromatic N) is 3. The average molecular weight is 164 g/mol. The Labute approximate surface area is 69.4 Å². The Bertz CT molecular complexity index is 321. The molecule has 62 valence electrons. The Hall–Kier alpha value is -1.78. The van der Waals surface area contributed by atoms with Gasteiger partial charge in [0, 0.05) is 12.4 Å². The summed E-state index contributed by atoms with van der Waals surface area (Å²) in [5, 5.41) is 0. The molecule has 1 aromatic heterocycles. The number of hydrogen-bond donors (Lipinski definition) is 1. The van der Waals surface area contributed by atoms with Gasteiger partial charge in [0.1, 0.15) is 11.9 Å². The normalized spacial score (nSPS) is 10.4. The van der Waals surface area contributed by atoms with Crippen LogP contribution in [0, 0.1) is 0 Å². The number of hydrogen-bond acceptors (Lipinski definition) is 4. The molecular formula is C7H8N4O. The van der Waals surface area contributed by atoms with Gasteiger partial charge in [-0.05, 0) is 6.92 Å². The number of carbonyl (C=O) groups excluding carboxylic acids is 1. The zero-order valence-corrected chi connectivity index (χ0v) is 6.56. The summed E-state index contributed by atoms with van der Waals surface area (Å²) in [5.74, 6) is -0.267. The number of nitrogens with two attached hydrogens (primary N) is 1. The largest absolute Gasteiger partial charge is 0.365 e. The maximum absolute atomic E-state index is 10.8. The van der Waals surface area contributed by atoms with E-state index in [1.165, 1.54) is 18.7 Å². The second kappa shape index (κ2) is 3.56. The summed E-state index contributed by atoms with van der Waals surface area (Å²) in [6.07, 6.45) is 4.20. The predicted molar refractivity (Wildman–Crippen MR) is 44.4 cm³/mol. The van der Waals surface area contributed by atoms with E-state index in [1.54, 1.807) is 6.92 Å². The van der Waals surface area contributed by atoms with Crippen molar-refractivity contribution in [3.05, 3.63) is 18.1 Å². The first-order valence-corrected chi connectivity index (χ1v) is 3.34. The van der Waals surface area contributed by atoms with Crippen LogP contribution in [0.2, 0.25) is 0 Å². The number of carbonyl (C=O) groups is 1. The highest BCUT2D eigenvalue weighted by molar-refractivity contribution is 5.96. The van der Waals surface area contributed by atoms with Crippen LogP contribution in [-0.4, -0.2) is 22.1 Å². The number of amides is 1. The number of aliphatic imine (C=N–C) groups is 1. The zero-order valence-electron chi connectivity index (χ0n) is 6.56. The quantitative estimate of drug-likeness (QED) is 0.638. The fourth-order valence-corrected chi connectivity index (χ4v) is 0.722. The lowest BCUT2D eigenvalue weighted by Gasteiger charge is -1.96. The van der Waals surface area contributed by atoms with E-state index in [4.69, 9.17) is 5.73 Å². The van der Waals surface area contributed by atoms with E-state index >= 15 is 0 Å². The third kappa shape index (κ3) is 1.63. The minimum absolute atomic E-state index is 0.232. The fraction of sp³-hybridized carbons (Fsp3) is 0.143. The van der Waals surface area contributed by atoms with Crippen molar-refractivity contribution in [1.82, 2.24) is 9.97 Å². The molecule has 0 radical (unpaired) electrons. The van der Waals surface area contributed by atoms with Gasteiger partial charge in [-0.15, -0.1) is 0 Å². The van der Waals surface area contributed by atoms with Crippen LogP contribution in [0.4, 0.5) is 5.82 Å². The fourth-order valence-electron chi connectivity index (χ4n) is 0.722. The standard InChI is InChI=1S/C7H8N4O/c1-2-10-7-5(6(8)12)3-9-4-11-7/h2-4H,1H3,(H2,8,12). The van der Waals surface area contributed by atoms with Gasteiger partial charge in [0.05, 0.1) is 0 Å². The lowest BCUT2D eigenvalue weighted by Crippen LogP contribution is -2.12. The van der Waals surface area contributed by atoms with E-state index in [0.29, 0.717) is 5.82 Å². The SMILES string of the molecule is CC=Nc1ncncc1C(N)=O. The molecule has 0 aliphatic rings. The van der Waals surface area contributed by atoms with Gasteiger partial charge in [0.25, 0.3) is 5.91 Å². The van der Waals surface area contributed by atoms with Gasteiger partial charge in [-0.3, -0.25) is 4.79 Å². The molecule has 2 N–H and O–H groups in total. The van der Waals surface area contributed by atoms with E-state index < -0.39 is 5.91 Å². The summed E-state index contributed by atoms with van der Waals surface area (Å²) in [7, 11) is 0. The average Bonchev–Trinajstić information content (AvgIpc) is 2.05. The molecule has 0 atom stereocenters. The van der Waals surface area contributed by atoms with Crippen molar-refractivity contribution in [2.75, 3.05) is 0 Å². The molecule has 1 rings (SSSR count). The van der Waals surface area contributed by atoms with E-state index in [1.807, 2.05) is 0 Å². The lowest BCUT2D eigenvalue weighted by molar-refractivity contribution is 0.100. The van der Waals surface area contributed by atoms with E-state index in [-0.39, 0.29) is 5.56 Å². The molecule has 0 spiro atoms. The van der Waals surface area contributed by atoms with E-state index in [0.717, 1.165) is 0 Å². The van der Waals surface area contributed by atoms with Crippen LogP contribution in [0.1, 0.15) is 17.3 Å². The summed E-state index contributed by atoms with van der Waals surface area (Å²) in [5.41, 5.74) is 5.28. The summed E-state index contributed by atoms with van der Waals surface area (Å²) < 4.78 is 0. The smallest absolute Gasteiger partial charge is 0.254 e. The minimum atomic E-state index is -0.573. The molecule has 0 bridgehead atoms. The first-order valence-electron chi connectivity index (χ1n) is 3.34. The molecule has 0 unspecified atom stereocenters. The highest BCUT2D eigenvalue weighted by atomic mass is 16.1. The molecule has 1 heterocycles. The zero-order chi connectivity index (χ0) is 8.97. The third-order valence-electron chi connectivity index (χ3n) is 1.21.